The fraction of sp³-hybridized carbons (Fsp3) is 0.556. The van der Waals surface area contributed by atoms with Crippen LogP contribution in [0.25, 0.3) is 0 Å². The van der Waals surface area contributed by atoms with Crippen molar-refractivity contribution >= 4 is 0 Å². The predicted molar refractivity (Wildman–Crippen MR) is 47.4 cm³/mol. The van der Waals surface area contributed by atoms with Crippen molar-refractivity contribution in [3.05, 3.63) is 17.6 Å². The summed E-state index contributed by atoms with van der Waals surface area (Å²) in [4.78, 5) is 8.51. The summed E-state index contributed by atoms with van der Waals surface area (Å²) >= 11 is 0. The maximum Gasteiger partial charge on any atom is 0.216 e. The van der Waals surface area contributed by atoms with Gasteiger partial charge >= 0.3 is 0 Å². The molecule has 3 heteroatoms. The molecule has 3 nitrogen and oxygen atoms in total. The number of methoxy groups -OCH3 is 1. The lowest BCUT2D eigenvalue weighted by molar-refractivity contribution is 0.393. The Kier molecular flexibility index (Phi) is 2.63. The highest BCUT2D eigenvalue weighted by Gasteiger charge is 2.05. The second-order valence-corrected chi connectivity index (χ2v) is 3.06. The van der Waals surface area contributed by atoms with Crippen LogP contribution in [0.5, 0.6) is 5.88 Å². The molecule has 0 aromatic carbocycles. The van der Waals surface area contributed by atoms with E-state index in [0.717, 1.165) is 11.5 Å². The van der Waals surface area contributed by atoms with Crippen molar-refractivity contribution in [2.24, 2.45) is 0 Å². The molecule has 0 amide bonds. The third kappa shape index (κ3) is 1.94. The molecule has 0 atom stereocenters. The monoisotopic (exact) mass is 166 g/mol. The van der Waals surface area contributed by atoms with Gasteiger partial charge < -0.3 is 4.74 Å². The van der Waals surface area contributed by atoms with Crippen molar-refractivity contribution in [2.45, 2.75) is 26.7 Å². The van der Waals surface area contributed by atoms with Crippen LogP contribution in [-0.2, 0) is 0 Å². The Bertz CT molecular complexity index is 271. The summed E-state index contributed by atoms with van der Waals surface area (Å²) < 4.78 is 5.03. The molecule has 1 rings (SSSR count). The molecule has 1 aromatic heterocycles. The molecule has 0 aliphatic rings. The molecule has 0 aliphatic heterocycles. The van der Waals surface area contributed by atoms with Crippen molar-refractivity contribution in [3.63, 3.8) is 0 Å². The van der Waals surface area contributed by atoms with Gasteiger partial charge in [-0.05, 0) is 6.92 Å². The first-order valence-corrected chi connectivity index (χ1v) is 4.03. The molecule has 12 heavy (non-hydrogen) atoms. The van der Waals surface area contributed by atoms with Crippen LogP contribution >= 0.6 is 0 Å². The Morgan fingerprint density at radius 1 is 1.33 bits per heavy atom. The molecule has 1 heterocycles. The molecule has 0 aliphatic carbocycles. The van der Waals surface area contributed by atoms with E-state index in [0.29, 0.717) is 11.8 Å². The minimum absolute atomic E-state index is 0.346. The quantitative estimate of drug-likeness (QED) is 0.673. The average molecular weight is 166 g/mol. The standard InChI is InChI=1S/C9H14N2O/c1-6(2)9-10-7(3)5-8(11-9)12-4/h5-6H,1-4H3. The molecule has 0 fully saturated rings. The van der Waals surface area contributed by atoms with E-state index in [-0.39, 0.29) is 0 Å². The van der Waals surface area contributed by atoms with Gasteiger partial charge in [0.1, 0.15) is 5.82 Å². The fourth-order valence-electron chi connectivity index (χ4n) is 0.925. The highest BCUT2D eigenvalue weighted by molar-refractivity contribution is 5.16. The van der Waals surface area contributed by atoms with Crippen molar-refractivity contribution in [1.82, 2.24) is 9.97 Å². The predicted octanol–water partition coefficient (Wildman–Crippen LogP) is 1.92. The van der Waals surface area contributed by atoms with Crippen LogP contribution in [-0.4, -0.2) is 17.1 Å². The van der Waals surface area contributed by atoms with Gasteiger partial charge in [-0.2, -0.15) is 4.98 Å². The summed E-state index contributed by atoms with van der Waals surface area (Å²) in [6, 6.07) is 1.83. The first-order valence-electron chi connectivity index (χ1n) is 4.03. The zero-order valence-corrected chi connectivity index (χ0v) is 7.96. The number of aromatic nitrogens is 2. The van der Waals surface area contributed by atoms with Gasteiger partial charge in [-0.3, -0.25) is 0 Å². The highest BCUT2D eigenvalue weighted by atomic mass is 16.5. The zero-order valence-electron chi connectivity index (χ0n) is 7.96. The van der Waals surface area contributed by atoms with E-state index in [1.807, 2.05) is 13.0 Å². The van der Waals surface area contributed by atoms with E-state index in [1.165, 1.54) is 0 Å². The van der Waals surface area contributed by atoms with Crippen LogP contribution in [0.1, 0.15) is 31.3 Å². The van der Waals surface area contributed by atoms with E-state index in [9.17, 15) is 0 Å². The van der Waals surface area contributed by atoms with Gasteiger partial charge in [0, 0.05) is 17.7 Å². The second-order valence-electron chi connectivity index (χ2n) is 3.06. The van der Waals surface area contributed by atoms with Crippen LogP contribution in [0, 0.1) is 6.92 Å². The minimum atomic E-state index is 0.346. The normalized spacial score (nSPS) is 10.4. The molecule has 0 N–H and O–H groups in total. The van der Waals surface area contributed by atoms with Gasteiger partial charge in [-0.1, -0.05) is 13.8 Å². The maximum absolute atomic E-state index is 5.03. The Balaban J connectivity index is 3.06. The summed E-state index contributed by atoms with van der Waals surface area (Å²) in [6.45, 7) is 6.07. The SMILES string of the molecule is COc1cc(C)nc(C(C)C)n1. The number of ether oxygens (including phenoxy) is 1. The van der Waals surface area contributed by atoms with E-state index in [1.54, 1.807) is 7.11 Å². The van der Waals surface area contributed by atoms with Crippen molar-refractivity contribution < 1.29 is 4.74 Å². The van der Waals surface area contributed by atoms with Gasteiger partial charge in [0.15, 0.2) is 0 Å². The van der Waals surface area contributed by atoms with Crippen molar-refractivity contribution in [2.75, 3.05) is 7.11 Å². The summed E-state index contributed by atoms with van der Waals surface area (Å²) in [5, 5.41) is 0. The molecule has 0 unspecified atom stereocenters. The Hall–Kier alpha value is -1.12. The number of nitrogens with zero attached hydrogens (tertiary/aromatic N) is 2. The third-order valence-corrected chi connectivity index (χ3v) is 1.57. The summed E-state index contributed by atoms with van der Waals surface area (Å²) in [6.07, 6.45) is 0. The summed E-state index contributed by atoms with van der Waals surface area (Å²) in [7, 11) is 1.62. The summed E-state index contributed by atoms with van der Waals surface area (Å²) in [5.41, 5.74) is 0.950. The van der Waals surface area contributed by atoms with Crippen LogP contribution in [0.2, 0.25) is 0 Å². The lowest BCUT2D eigenvalue weighted by atomic mass is 10.2. The molecule has 0 bridgehead atoms. The van der Waals surface area contributed by atoms with Gasteiger partial charge in [-0.25, -0.2) is 4.98 Å². The smallest absolute Gasteiger partial charge is 0.216 e. The number of hydrogen-bond donors (Lipinski definition) is 0. The van der Waals surface area contributed by atoms with Gasteiger partial charge in [0.2, 0.25) is 5.88 Å². The van der Waals surface area contributed by atoms with Crippen LogP contribution in [0.3, 0.4) is 0 Å². The fourth-order valence-corrected chi connectivity index (χ4v) is 0.925. The number of hydrogen-bond acceptors (Lipinski definition) is 3. The molecule has 1 aromatic rings. The van der Waals surface area contributed by atoms with E-state index < -0.39 is 0 Å². The first-order chi connectivity index (χ1) is 5.63. The zero-order chi connectivity index (χ0) is 9.14. The minimum Gasteiger partial charge on any atom is -0.481 e. The van der Waals surface area contributed by atoms with Crippen LogP contribution < -0.4 is 4.74 Å². The average Bonchev–Trinajstić information content (AvgIpc) is 2.03. The van der Waals surface area contributed by atoms with Crippen LogP contribution in [0.4, 0.5) is 0 Å². The van der Waals surface area contributed by atoms with Crippen molar-refractivity contribution in [3.8, 4) is 5.88 Å². The molecule has 0 radical (unpaired) electrons. The van der Waals surface area contributed by atoms with Gasteiger partial charge in [-0.15, -0.1) is 0 Å². The molecular weight excluding hydrogens is 152 g/mol. The summed E-state index contributed by atoms with van der Waals surface area (Å²) in [5.74, 6) is 1.83. The lowest BCUT2D eigenvalue weighted by Crippen LogP contribution is -2.01. The first kappa shape index (κ1) is 8.97. The Morgan fingerprint density at radius 3 is 2.50 bits per heavy atom. The van der Waals surface area contributed by atoms with Gasteiger partial charge in [0.05, 0.1) is 7.11 Å². The molecule has 0 saturated carbocycles. The second kappa shape index (κ2) is 3.52. The van der Waals surface area contributed by atoms with Crippen LogP contribution in [0.15, 0.2) is 6.07 Å². The maximum atomic E-state index is 5.03. The number of rotatable bonds is 2. The third-order valence-electron chi connectivity index (χ3n) is 1.57. The van der Waals surface area contributed by atoms with E-state index >= 15 is 0 Å². The largest absolute Gasteiger partial charge is 0.481 e. The molecule has 0 saturated heterocycles. The topological polar surface area (TPSA) is 35.0 Å². The highest BCUT2D eigenvalue weighted by Crippen LogP contribution is 2.14. The molecule has 66 valence electrons. The Morgan fingerprint density at radius 2 is 2.00 bits per heavy atom. The Labute approximate surface area is 72.8 Å². The van der Waals surface area contributed by atoms with Gasteiger partial charge in [0.25, 0.3) is 0 Å². The molecule has 0 spiro atoms. The molecular formula is C9H14N2O. The van der Waals surface area contributed by atoms with E-state index in [2.05, 4.69) is 23.8 Å². The lowest BCUT2D eigenvalue weighted by Gasteiger charge is -2.06. The van der Waals surface area contributed by atoms with E-state index in [4.69, 9.17) is 4.74 Å². The number of aryl methyl sites for hydroxylation is 1. The van der Waals surface area contributed by atoms with Crippen molar-refractivity contribution in [1.29, 1.82) is 0 Å².